The maximum absolute atomic E-state index is 12.6. The van der Waals surface area contributed by atoms with Gasteiger partial charge in [0.2, 0.25) is 17.4 Å². The normalized spacial score (nSPS) is 25.2. The topological polar surface area (TPSA) is 124 Å². The Bertz CT molecular complexity index is 744. The van der Waals surface area contributed by atoms with E-state index in [9.17, 15) is 14.4 Å². The van der Waals surface area contributed by atoms with E-state index in [2.05, 4.69) is 10.3 Å². The summed E-state index contributed by atoms with van der Waals surface area (Å²) in [6.45, 7) is 4.97. The number of fused-ring (bicyclic) bond motifs is 1. The summed E-state index contributed by atoms with van der Waals surface area (Å²) in [7, 11) is 0. The number of rotatable bonds is 1. The van der Waals surface area contributed by atoms with E-state index in [1.807, 2.05) is 0 Å². The van der Waals surface area contributed by atoms with Crippen molar-refractivity contribution in [3.8, 4) is 5.88 Å². The van der Waals surface area contributed by atoms with Crippen LogP contribution >= 0.6 is 0 Å². The predicted octanol–water partition coefficient (Wildman–Crippen LogP) is 0.646. The van der Waals surface area contributed by atoms with Crippen LogP contribution in [0.1, 0.15) is 27.2 Å². The second-order valence-corrected chi connectivity index (χ2v) is 7.14. The van der Waals surface area contributed by atoms with Gasteiger partial charge in [-0.05, 0) is 32.9 Å². The van der Waals surface area contributed by atoms with Crippen LogP contribution < -0.4 is 15.8 Å². The molecule has 0 radical (unpaired) electrons. The van der Waals surface area contributed by atoms with E-state index in [1.54, 1.807) is 32.9 Å². The number of likely N-dealkylation sites (tertiary alicyclic amines) is 1. The molecule has 9 nitrogen and oxygen atoms in total. The SMILES string of the molecule is CC(C)(C)OC(=O)N1CC2(C[C@H]1C(N)=O)Oc1ncccc1NC2=O. The molecule has 2 aliphatic heterocycles. The average Bonchev–Trinajstić information content (AvgIpc) is 2.88. The van der Waals surface area contributed by atoms with Crippen molar-refractivity contribution in [2.75, 3.05) is 11.9 Å². The molecule has 1 spiro atoms. The van der Waals surface area contributed by atoms with Crippen LogP contribution in [0.15, 0.2) is 18.3 Å². The highest BCUT2D eigenvalue weighted by Gasteiger charge is 2.57. The summed E-state index contributed by atoms with van der Waals surface area (Å²) in [4.78, 5) is 42.1. The van der Waals surface area contributed by atoms with E-state index in [1.165, 1.54) is 6.20 Å². The molecule has 0 bridgehead atoms. The molecule has 25 heavy (non-hydrogen) atoms. The number of carbonyl (C=O) groups excluding carboxylic acids is 3. The molecule has 3 amide bonds. The number of nitrogens with one attached hydrogen (secondary N) is 1. The number of hydrogen-bond donors (Lipinski definition) is 2. The average molecular weight is 348 g/mol. The predicted molar refractivity (Wildman–Crippen MR) is 86.8 cm³/mol. The molecule has 9 heteroatoms. The lowest BCUT2D eigenvalue weighted by molar-refractivity contribution is -0.131. The first-order chi connectivity index (χ1) is 11.6. The van der Waals surface area contributed by atoms with Gasteiger partial charge in [-0.2, -0.15) is 0 Å². The lowest BCUT2D eigenvalue weighted by Crippen LogP contribution is -2.53. The van der Waals surface area contributed by atoms with E-state index in [4.69, 9.17) is 15.2 Å². The number of pyridine rings is 1. The molecule has 0 aliphatic carbocycles. The molecule has 1 aromatic rings. The molecule has 1 saturated heterocycles. The molecule has 1 aromatic heterocycles. The van der Waals surface area contributed by atoms with E-state index >= 15 is 0 Å². The van der Waals surface area contributed by atoms with Gasteiger partial charge in [0, 0.05) is 12.6 Å². The number of aromatic nitrogens is 1. The number of primary amides is 1. The second-order valence-electron chi connectivity index (χ2n) is 7.14. The fourth-order valence-corrected chi connectivity index (χ4v) is 2.91. The minimum Gasteiger partial charge on any atom is -0.457 e. The standard InChI is InChI=1S/C16H20N4O5/c1-15(2,3)25-14(23)20-8-16(7-10(20)11(17)21)13(22)19-9-5-4-6-18-12(9)24-16/h4-6,10H,7-8H2,1-3H3,(H2,17,21)(H,19,22)/t10-,16?/m0/s1. The number of carbonyl (C=O) groups is 3. The van der Waals surface area contributed by atoms with E-state index in [0.29, 0.717) is 5.69 Å². The minimum atomic E-state index is -1.43. The highest BCUT2D eigenvalue weighted by atomic mass is 16.6. The van der Waals surface area contributed by atoms with Gasteiger partial charge in [-0.1, -0.05) is 0 Å². The van der Waals surface area contributed by atoms with Crippen LogP contribution in [0.2, 0.25) is 0 Å². The molecule has 2 aliphatic rings. The molecule has 3 N–H and O–H groups in total. The third-order valence-corrected chi connectivity index (χ3v) is 4.01. The van der Waals surface area contributed by atoms with Crippen LogP contribution in [-0.2, 0) is 14.3 Å². The smallest absolute Gasteiger partial charge is 0.411 e. The molecular weight excluding hydrogens is 328 g/mol. The fraction of sp³-hybridized carbons (Fsp3) is 0.500. The zero-order valence-corrected chi connectivity index (χ0v) is 14.2. The summed E-state index contributed by atoms with van der Waals surface area (Å²) in [5, 5.41) is 2.70. The first kappa shape index (κ1) is 17.0. The highest BCUT2D eigenvalue weighted by Crippen LogP contribution is 2.39. The van der Waals surface area contributed by atoms with Gasteiger partial charge < -0.3 is 20.5 Å². The maximum atomic E-state index is 12.6. The molecule has 134 valence electrons. The quantitative estimate of drug-likeness (QED) is 0.768. The van der Waals surface area contributed by atoms with Crippen molar-refractivity contribution < 1.29 is 23.9 Å². The number of nitrogens with two attached hydrogens (primary N) is 1. The highest BCUT2D eigenvalue weighted by molar-refractivity contribution is 6.02. The van der Waals surface area contributed by atoms with Gasteiger partial charge in [0.15, 0.2) is 0 Å². The summed E-state index contributed by atoms with van der Waals surface area (Å²) < 4.78 is 11.1. The summed E-state index contributed by atoms with van der Waals surface area (Å²) in [5.41, 5.74) is 3.68. The number of amides is 3. The largest absolute Gasteiger partial charge is 0.457 e. The third-order valence-electron chi connectivity index (χ3n) is 4.01. The van der Waals surface area contributed by atoms with Gasteiger partial charge in [-0.3, -0.25) is 14.5 Å². The van der Waals surface area contributed by atoms with Gasteiger partial charge in [0.25, 0.3) is 5.91 Å². The van der Waals surface area contributed by atoms with Crippen LogP contribution in [0.3, 0.4) is 0 Å². The third kappa shape index (κ3) is 3.09. The minimum absolute atomic E-state index is 0.0660. The van der Waals surface area contributed by atoms with E-state index in [0.717, 1.165) is 4.90 Å². The van der Waals surface area contributed by atoms with Crippen molar-refractivity contribution in [2.24, 2.45) is 5.73 Å². The lowest BCUT2D eigenvalue weighted by Gasteiger charge is -2.33. The summed E-state index contributed by atoms with van der Waals surface area (Å²) in [6, 6.07) is 2.30. The maximum Gasteiger partial charge on any atom is 0.411 e. The molecule has 3 heterocycles. The first-order valence-electron chi connectivity index (χ1n) is 7.86. The van der Waals surface area contributed by atoms with Crippen LogP contribution in [0, 0.1) is 0 Å². The van der Waals surface area contributed by atoms with Gasteiger partial charge in [0.05, 0.1) is 6.54 Å². The second kappa shape index (κ2) is 5.61. The number of ether oxygens (including phenoxy) is 2. The summed E-state index contributed by atoms with van der Waals surface area (Å²) in [5.74, 6) is -0.951. The van der Waals surface area contributed by atoms with Crippen molar-refractivity contribution >= 4 is 23.6 Å². The Labute approximate surface area is 144 Å². The van der Waals surface area contributed by atoms with Gasteiger partial charge in [0.1, 0.15) is 17.3 Å². The Hall–Kier alpha value is -2.84. The van der Waals surface area contributed by atoms with Gasteiger partial charge in [-0.25, -0.2) is 9.78 Å². The Morgan fingerprint density at radius 2 is 2.20 bits per heavy atom. The van der Waals surface area contributed by atoms with E-state index in [-0.39, 0.29) is 18.8 Å². The zero-order valence-electron chi connectivity index (χ0n) is 14.2. The first-order valence-corrected chi connectivity index (χ1v) is 7.86. The van der Waals surface area contributed by atoms with Crippen molar-refractivity contribution in [3.05, 3.63) is 18.3 Å². The molecule has 2 atom stereocenters. The monoisotopic (exact) mass is 348 g/mol. The number of hydrogen-bond acceptors (Lipinski definition) is 6. The number of anilines is 1. The van der Waals surface area contributed by atoms with Crippen LogP contribution in [0.4, 0.5) is 10.5 Å². The zero-order chi connectivity index (χ0) is 18.4. The van der Waals surface area contributed by atoms with Crippen molar-refractivity contribution in [1.29, 1.82) is 0 Å². The van der Waals surface area contributed by atoms with Gasteiger partial charge >= 0.3 is 6.09 Å². The molecule has 1 unspecified atom stereocenters. The Balaban J connectivity index is 1.91. The molecule has 0 saturated carbocycles. The van der Waals surface area contributed by atoms with Crippen LogP contribution in [0.5, 0.6) is 5.88 Å². The lowest BCUT2D eigenvalue weighted by atomic mass is 9.97. The van der Waals surface area contributed by atoms with Crippen LogP contribution in [-0.4, -0.2) is 51.6 Å². The Morgan fingerprint density at radius 3 is 2.84 bits per heavy atom. The van der Waals surface area contributed by atoms with Gasteiger partial charge in [-0.15, -0.1) is 0 Å². The Kier molecular flexibility index (Phi) is 3.81. The van der Waals surface area contributed by atoms with E-state index < -0.39 is 35.2 Å². The molecule has 1 fully saturated rings. The molecular formula is C16H20N4O5. The van der Waals surface area contributed by atoms with Crippen LogP contribution in [0.25, 0.3) is 0 Å². The van der Waals surface area contributed by atoms with Crippen molar-refractivity contribution in [3.63, 3.8) is 0 Å². The summed E-state index contributed by atoms with van der Waals surface area (Å²) in [6.07, 6.45) is 0.732. The van der Waals surface area contributed by atoms with Crippen molar-refractivity contribution in [1.82, 2.24) is 9.88 Å². The molecule has 0 aromatic carbocycles. The summed E-state index contributed by atoms with van der Waals surface area (Å²) >= 11 is 0. The van der Waals surface area contributed by atoms with Crippen molar-refractivity contribution in [2.45, 2.75) is 44.4 Å². The fourth-order valence-electron chi connectivity index (χ4n) is 2.91. The number of nitrogens with zero attached hydrogens (tertiary/aromatic N) is 2. The molecule has 3 rings (SSSR count). The Morgan fingerprint density at radius 1 is 1.48 bits per heavy atom.